The molecule has 0 bridgehead atoms. The van der Waals surface area contributed by atoms with Crippen LogP contribution in [0.15, 0.2) is 41.8 Å². The summed E-state index contributed by atoms with van der Waals surface area (Å²) in [5.74, 6) is 0.484. The number of rotatable bonds is 7. The Bertz CT molecular complexity index is 1110. The second-order valence-electron chi connectivity index (χ2n) is 7.44. The molecule has 4 rings (SSSR count). The third kappa shape index (κ3) is 4.65. The Labute approximate surface area is 185 Å². The third-order valence-electron chi connectivity index (χ3n) is 5.43. The van der Waals surface area contributed by atoms with Gasteiger partial charge in [-0.3, -0.25) is 4.79 Å². The molecule has 31 heavy (non-hydrogen) atoms. The minimum absolute atomic E-state index is 0.105. The summed E-state index contributed by atoms with van der Waals surface area (Å²) < 4.78 is 9.43. The maximum atomic E-state index is 12.7. The van der Waals surface area contributed by atoms with Gasteiger partial charge in [-0.15, -0.1) is 5.10 Å². The summed E-state index contributed by atoms with van der Waals surface area (Å²) in [6.45, 7) is 5.26. The average molecular weight is 437 g/mol. The van der Waals surface area contributed by atoms with Crippen LogP contribution < -0.4 is 5.32 Å². The minimum atomic E-state index is -0.205. The number of hydrogen-bond donors (Lipinski definition) is 1. The van der Waals surface area contributed by atoms with Crippen molar-refractivity contribution in [1.82, 2.24) is 19.3 Å². The van der Waals surface area contributed by atoms with Crippen LogP contribution in [0.2, 0.25) is 0 Å². The van der Waals surface area contributed by atoms with E-state index in [1.165, 1.54) is 11.8 Å². The molecule has 1 amide bonds. The lowest BCUT2D eigenvalue weighted by Crippen LogP contribution is -2.22. The second kappa shape index (κ2) is 9.37. The maximum absolute atomic E-state index is 12.7. The summed E-state index contributed by atoms with van der Waals surface area (Å²) in [5.41, 5.74) is 3.26. The highest BCUT2D eigenvalue weighted by atomic mass is 32.2. The quantitative estimate of drug-likeness (QED) is 0.570. The predicted molar refractivity (Wildman–Crippen MR) is 118 cm³/mol. The van der Waals surface area contributed by atoms with Gasteiger partial charge in [-0.25, -0.2) is 9.67 Å². The Hall–Kier alpha value is -3.09. The van der Waals surface area contributed by atoms with Gasteiger partial charge in [0.05, 0.1) is 29.7 Å². The number of aromatic nitrogens is 4. The zero-order chi connectivity index (χ0) is 21.8. The zero-order valence-electron chi connectivity index (χ0n) is 17.5. The Morgan fingerprint density at radius 1 is 1.35 bits per heavy atom. The topological polar surface area (TPSA) is 97.8 Å². The van der Waals surface area contributed by atoms with Gasteiger partial charge in [0.15, 0.2) is 0 Å². The van der Waals surface area contributed by atoms with Gasteiger partial charge in [0.2, 0.25) is 11.1 Å². The van der Waals surface area contributed by atoms with Gasteiger partial charge in [0, 0.05) is 12.3 Å². The molecule has 0 saturated carbocycles. The molecule has 1 atom stereocenters. The number of para-hydroxylation sites is 1. The summed E-state index contributed by atoms with van der Waals surface area (Å²) >= 11 is 1.25. The van der Waals surface area contributed by atoms with Gasteiger partial charge < -0.3 is 14.6 Å². The van der Waals surface area contributed by atoms with E-state index in [2.05, 4.69) is 21.5 Å². The van der Waals surface area contributed by atoms with Crippen LogP contribution in [0, 0.1) is 25.2 Å². The lowest BCUT2D eigenvalue weighted by molar-refractivity contribution is -0.113. The van der Waals surface area contributed by atoms with Crippen molar-refractivity contribution in [2.75, 3.05) is 17.7 Å². The van der Waals surface area contributed by atoms with E-state index in [1.54, 1.807) is 11.0 Å². The number of benzene rings is 1. The van der Waals surface area contributed by atoms with Crippen molar-refractivity contribution in [3.63, 3.8) is 0 Å². The second-order valence-corrected chi connectivity index (χ2v) is 8.38. The number of carbonyl (C=O) groups excluding carboxylic acids is 1. The van der Waals surface area contributed by atoms with E-state index in [0.717, 1.165) is 36.4 Å². The zero-order valence-corrected chi connectivity index (χ0v) is 18.4. The fourth-order valence-electron chi connectivity index (χ4n) is 3.67. The minimum Gasteiger partial charge on any atom is -0.376 e. The number of anilines is 1. The lowest BCUT2D eigenvalue weighted by Gasteiger charge is -2.16. The number of hydrogen-bond acceptors (Lipinski definition) is 6. The third-order valence-corrected chi connectivity index (χ3v) is 6.28. The highest BCUT2D eigenvalue weighted by Gasteiger charge is 2.24. The molecule has 0 radical (unpaired) electrons. The molecule has 2 aromatic heterocycles. The first kappa shape index (κ1) is 21.2. The van der Waals surface area contributed by atoms with E-state index < -0.39 is 0 Å². The van der Waals surface area contributed by atoms with Gasteiger partial charge in [-0.2, -0.15) is 5.26 Å². The van der Waals surface area contributed by atoms with Crippen molar-refractivity contribution in [2.24, 2.45) is 0 Å². The Morgan fingerprint density at radius 2 is 2.16 bits per heavy atom. The molecular weight excluding hydrogens is 412 g/mol. The number of nitrogens with zero attached hydrogens (tertiary/aromatic N) is 5. The number of amides is 1. The molecule has 9 heteroatoms. The highest BCUT2D eigenvalue weighted by molar-refractivity contribution is 7.99. The van der Waals surface area contributed by atoms with E-state index in [-0.39, 0.29) is 17.8 Å². The van der Waals surface area contributed by atoms with Crippen molar-refractivity contribution < 1.29 is 9.53 Å². The molecule has 0 spiro atoms. The van der Waals surface area contributed by atoms with E-state index in [9.17, 15) is 10.1 Å². The maximum Gasteiger partial charge on any atom is 0.235 e. The molecule has 8 nitrogen and oxygen atoms in total. The van der Waals surface area contributed by atoms with E-state index in [4.69, 9.17) is 4.74 Å². The van der Waals surface area contributed by atoms with Crippen LogP contribution in [-0.2, 0) is 16.1 Å². The molecule has 1 saturated heterocycles. The molecule has 3 aromatic rings. The van der Waals surface area contributed by atoms with Crippen molar-refractivity contribution in [3.8, 4) is 11.8 Å². The standard InChI is InChI=1S/C22H24N6O2S/c1-15-16(2)27(12-18-9-6-10-30-18)21(19(15)11-23)25-20(29)13-31-22-24-14-28(26-22)17-7-4-3-5-8-17/h3-5,7-8,14,18H,6,9-10,12-13H2,1-2H3,(H,25,29). The Kier molecular flexibility index (Phi) is 6.39. The van der Waals surface area contributed by atoms with Gasteiger partial charge >= 0.3 is 0 Å². The molecule has 1 unspecified atom stereocenters. The summed E-state index contributed by atoms with van der Waals surface area (Å²) in [4.78, 5) is 17.0. The van der Waals surface area contributed by atoms with Gasteiger partial charge in [-0.05, 0) is 44.4 Å². The first-order valence-electron chi connectivity index (χ1n) is 10.2. The lowest BCUT2D eigenvalue weighted by atomic mass is 10.2. The average Bonchev–Trinajstić information content (AvgIpc) is 3.51. The van der Waals surface area contributed by atoms with Crippen LogP contribution in [0.1, 0.15) is 29.7 Å². The van der Waals surface area contributed by atoms with Gasteiger partial charge in [-0.1, -0.05) is 30.0 Å². The molecule has 1 fully saturated rings. The van der Waals surface area contributed by atoms with Crippen LogP contribution >= 0.6 is 11.8 Å². The Balaban J connectivity index is 1.44. The number of nitrogens with one attached hydrogen (secondary N) is 1. The first-order chi connectivity index (χ1) is 15.1. The number of carbonyl (C=O) groups is 1. The van der Waals surface area contributed by atoms with Crippen LogP contribution in [0.3, 0.4) is 0 Å². The predicted octanol–water partition coefficient (Wildman–Crippen LogP) is 3.47. The summed E-state index contributed by atoms with van der Waals surface area (Å²) in [6.07, 6.45) is 3.75. The van der Waals surface area contributed by atoms with Crippen LogP contribution in [0.4, 0.5) is 5.82 Å². The van der Waals surface area contributed by atoms with Crippen molar-refractivity contribution in [3.05, 3.63) is 53.5 Å². The van der Waals surface area contributed by atoms with Crippen LogP contribution in [-0.4, -0.2) is 43.7 Å². The van der Waals surface area contributed by atoms with Crippen LogP contribution in [0.5, 0.6) is 0 Å². The SMILES string of the molecule is Cc1c(C#N)c(NC(=O)CSc2ncn(-c3ccccc3)n2)n(CC2CCCO2)c1C. The summed E-state index contributed by atoms with van der Waals surface area (Å²) in [6, 6.07) is 11.9. The normalized spacial score (nSPS) is 15.7. The Morgan fingerprint density at radius 3 is 2.87 bits per heavy atom. The fourth-order valence-corrected chi connectivity index (χ4v) is 4.27. The molecule has 160 valence electrons. The van der Waals surface area contributed by atoms with Gasteiger partial charge in [0.25, 0.3) is 0 Å². The van der Waals surface area contributed by atoms with Crippen molar-refractivity contribution in [2.45, 2.75) is 44.5 Å². The molecule has 0 aliphatic carbocycles. The van der Waals surface area contributed by atoms with Gasteiger partial charge in [0.1, 0.15) is 18.2 Å². The van der Waals surface area contributed by atoms with E-state index >= 15 is 0 Å². The highest BCUT2D eigenvalue weighted by Crippen LogP contribution is 2.28. The van der Waals surface area contributed by atoms with E-state index in [1.807, 2.05) is 48.7 Å². The van der Waals surface area contributed by atoms with E-state index in [0.29, 0.717) is 23.1 Å². The molecule has 1 N–H and O–H groups in total. The molecule has 3 heterocycles. The monoisotopic (exact) mass is 436 g/mol. The first-order valence-corrected chi connectivity index (χ1v) is 11.2. The summed E-state index contributed by atoms with van der Waals surface area (Å²) in [7, 11) is 0. The number of nitriles is 1. The smallest absolute Gasteiger partial charge is 0.235 e. The number of ether oxygens (including phenoxy) is 1. The molecule has 1 aliphatic rings. The molecular formula is C22H24N6O2S. The fraction of sp³-hybridized carbons (Fsp3) is 0.364. The number of thioether (sulfide) groups is 1. The molecule has 1 aromatic carbocycles. The van der Waals surface area contributed by atoms with Crippen molar-refractivity contribution >= 4 is 23.5 Å². The summed E-state index contributed by atoms with van der Waals surface area (Å²) in [5, 5.41) is 17.5. The van der Waals surface area contributed by atoms with Crippen molar-refractivity contribution in [1.29, 1.82) is 5.26 Å². The van der Waals surface area contributed by atoms with Crippen LogP contribution in [0.25, 0.3) is 5.69 Å². The largest absolute Gasteiger partial charge is 0.376 e. The molecule has 1 aliphatic heterocycles.